The molecule has 0 fully saturated rings. The van der Waals surface area contributed by atoms with Gasteiger partial charge in [0.25, 0.3) is 0 Å². The molecule has 0 unspecified atom stereocenters. The lowest BCUT2D eigenvalue weighted by Crippen LogP contribution is -2.32. The molecule has 0 radical (unpaired) electrons. The predicted octanol–water partition coefficient (Wildman–Crippen LogP) is 3.39. The number of hydrogen-bond donors (Lipinski definition) is 2. The predicted molar refractivity (Wildman–Crippen MR) is 120 cm³/mol. The number of benzene rings is 3. The summed E-state index contributed by atoms with van der Waals surface area (Å²) < 4.78 is 11.0. The SMILES string of the molecule is CCOc1cc(/C=N\NC(=O)C(=O)Nc2ccccc2)ccc1OC(=O)c1ccccc1. The van der Waals surface area contributed by atoms with Crippen molar-refractivity contribution in [2.45, 2.75) is 6.92 Å². The zero-order chi connectivity index (χ0) is 22.8. The summed E-state index contributed by atoms with van der Waals surface area (Å²) in [5, 5.41) is 6.26. The second-order valence-corrected chi connectivity index (χ2v) is 6.41. The molecule has 0 aliphatic carbocycles. The van der Waals surface area contributed by atoms with Crippen molar-refractivity contribution in [3.63, 3.8) is 0 Å². The van der Waals surface area contributed by atoms with E-state index in [2.05, 4.69) is 15.8 Å². The molecule has 0 aromatic heterocycles. The summed E-state index contributed by atoms with van der Waals surface area (Å²) in [6.07, 6.45) is 1.35. The van der Waals surface area contributed by atoms with Crippen LogP contribution in [0.1, 0.15) is 22.8 Å². The monoisotopic (exact) mass is 431 g/mol. The number of para-hydroxylation sites is 1. The zero-order valence-electron chi connectivity index (χ0n) is 17.3. The third kappa shape index (κ3) is 6.27. The van der Waals surface area contributed by atoms with Crippen LogP contribution >= 0.6 is 0 Å². The topological polar surface area (TPSA) is 106 Å². The average Bonchev–Trinajstić information content (AvgIpc) is 2.82. The van der Waals surface area contributed by atoms with Crippen molar-refractivity contribution in [1.82, 2.24) is 5.43 Å². The Labute approximate surface area is 184 Å². The Hall–Kier alpha value is -4.46. The van der Waals surface area contributed by atoms with Gasteiger partial charge < -0.3 is 14.8 Å². The van der Waals surface area contributed by atoms with Gasteiger partial charge in [-0.1, -0.05) is 36.4 Å². The maximum absolute atomic E-state index is 12.3. The van der Waals surface area contributed by atoms with Crippen molar-refractivity contribution in [2.24, 2.45) is 5.10 Å². The molecule has 162 valence electrons. The zero-order valence-corrected chi connectivity index (χ0v) is 17.3. The lowest BCUT2D eigenvalue weighted by atomic mass is 10.2. The van der Waals surface area contributed by atoms with Crippen LogP contribution in [-0.2, 0) is 9.59 Å². The number of anilines is 1. The van der Waals surface area contributed by atoms with Crippen LogP contribution in [0.2, 0.25) is 0 Å². The van der Waals surface area contributed by atoms with E-state index in [4.69, 9.17) is 9.47 Å². The van der Waals surface area contributed by atoms with Gasteiger partial charge in [-0.2, -0.15) is 5.10 Å². The standard InChI is InChI=1S/C24H21N3O5/c1-2-31-21-15-17(13-14-20(21)32-24(30)18-9-5-3-6-10-18)16-25-27-23(29)22(28)26-19-11-7-4-8-12-19/h3-16H,2H2,1H3,(H,26,28)(H,27,29)/b25-16-. The number of nitrogens with one attached hydrogen (secondary N) is 2. The van der Waals surface area contributed by atoms with E-state index in [1.807, 2.05) is 0 Å². The summed E-state index contributed by atoms with van der Waals surface area (Å²) >= 11 is 0. The van der Waals surface area contributed by atoms with E-state index in [-0.39, 0.29) is 5.75 Å². The molecule has 0 saturated heterocycles. The number of rotatable bonds is 7. The maximum atomic E-state index is 12.3. The molecule has 8 heteroatoms. The lowest BCUT2D eigenvalue weighted by Gasteiger charge is -2.11. The Morgan fingerprint density at radius 1 is 0.875 bits per heavy atom. The fourth-order valence-corrected chi connectivity index (χ4v) is 2.62. The Kier molecular flexibility index (Phi) is 7.69. The molecule has 2 amide bonds. The van der Waals surface area contributed by atoms with Gasteiger partial charge in [0.05, 0.1) is 18.4 Å². The van der Waals surface area contributed by atoms with Crippen LogP contribution in [0.15, 0.2) is 84.0 Å². The second kappa shape index (κ2) is 11.1. The third-order valence-corrected chi connectivity index (χ3v) is 4.10. The van der Waals surface area contributed by atoms with Gasteiger partial charge in [0, 0.05) is 5.69 Å². The molecule has 32 heavy (non-hydrogen) atoms. The second-order valence-electron chi connectivity index (χ2n) is 6.41. The largest absolute Gasteiger partial charge is 0.490 e. The number of carbonyl (C=O) groups is 3. The Morgan fingerprint density at radius 3 is 2.25 bits per heavy atom. The van der Waals surface area contributed by atoms with Gasteiger partial charge in [-0.15, -0.1) is 0 Å². The van der Waals surface area contributed by atoms with Gasteiger partial charge in [-0.05, 0) is 55.0 Å². The van der Waals surface area contributed by atoms with Crippen molar-refractivity contribution in [3.8, 4) is 11.5 Å². The van der Waals surface area contributed by atoms with Crippen molar-refractivity contribution in [3.05, 3.63) is 90.0 Å². The fourth-order valence-electron chi connectivity index (χ4n) is 2.62. The van der Waals surface area contributed by atoms with Crippen LogP contribution < -0.4 is 20.2 Å². The first-order valence-corrected chi connectivity index (χ1v) is 9.80. The summed E-state index contributed by atoms with van der Waals surface area (Å²) in [4.78, 5) is 36.1. The van der Waals surface area contributed by atoms with Gasteiger partial charge in [0.1, 0.15) is 0 Å². The number of nitrogens with zero attached hydrogens (tertiary/aromatic N) is 1. The van der Waals surface area contributed by atoms with Crippen LogP contribution in [0.3, 0.4) is 0 Å². The van der Waals surface area contributed by atoms with Crippen LogP contribution in [0.5, 0.6) is 11.5 Å². The first-order valence-electron chi connectivity index (χ1n) is 9.80. The van der Waals surface area contributed by atoms with Gasteiger partial charge in [0.2, 0.25) is 0 Å². The van der Waals surface area contributed by atoms with E-state index in [1.54, 1.807) is 85.8 Å². The molecule has 3 aromatic carbocycles. The van der Waals surface area contributed by atoms with Crippen molar-refractivity contribution >= 4 is 29.7 Å². The van der Waals surface area contributed by atoms with Gasteiger partial charge in [0.15, 0.2) is 11.5 Å². The van der Waals surface area contributed by atoms with Crippen molar-refractivity contribution in [2.75, 3.05) is 11.9 Å². The average molecular weight is 431 g/mol. The summed E-state index contributed by atoms with van der Waals surface area (Å²) in [7, 11) is 0. The first kappa shape index (κ1) is 22.2. The normalized spacial score (nSPS) is 10.4. The third-order valence-electron chi connectivity index (χ3n) is 4.10. The van der Waals surface area contributed by atoms with Crippen molar-refractivity contribution in [1.29, 1.82) is 0 Å². The van der Waals surface area contributed by atoms with E-state index in [0.717, 1.165) is 0 Å². The minimum absolute atomic E-state index is 0.254. The Morgan fingerprint density at radius 2 is 1.56 bits per heavy atom. The number of esters is 1. The molecule has 0 bridgehead atoms. The lowest BCUT2D eigenvalue weighted by molar-refractivity contribution is -0.136. The highest BCUT2D eigenvalue weighted by Gasteiger charge is 2.14. The van der Waals surface area contributed by atoms with E-state index in [0.29, 0.717) is 29.2 Å². The van der Waals surface area contributed by atoms with Crippen molar-refractivity contribution < 1.29 is 23.9 Å². The highest BCUT2D eigenvalue weighted by atomic mass is 16.6. The molecule has 0 atom stereocenters. The number of hydrogen-bond acceptors (Lipinski definition) is 6. The molecule has 0 aliphatic rings. The van der Waals surface area contributed by atoms with E-state index < -0.39 is 17.8 Å². The fraction of sp³-hybridized carbons (Fsp3) is 0.0833. The number of ether oxygens (including phenoxy) is 2. The first-order chi connectivity index (χ1) is 15.6. The number of carbonyl (C=O) groups excluding carboxylic acids is 3. The minimum atomic E-state index is -0.913. The molecular weight excluding hydrogens is 410 g/mol. The molecule has 8 nitrogen and oxygen atoms in total. The minimum Gasteiger partial charge on any atom is -0.490 e. The number of amides is 2. The van der Waals surface area contributed by atoms with Gasteiger partial charge in [-0.3, -0.25) is 9.59 Å². The number of hydrazone groups is 1. The molecule has 0 spiro atoms. The van der Waals surface area contributed by atoms with Crippen LogP contribution in [0.25, 0.3) is 0 Å². The molecule has 0 heterocycles. The summed E-state index contributed by atoms with van der Waals surface area (Å²) in [5.74, 6) is -1.67. The quantitative estimate of drug-likeness (QED) is 0.196. The van der Waals surface area contributed by atoms with Gasteiger partial charge in [-0.25, -0.2) is 10.2 Å². The van der Waals surface area contributed by atoms with Crippen LogP contribution in [-0.4, -0.2) is 30.6 Å². The van der Waals surface area contributed by atoms with E-state index in [9.17, 15) is 14.4 Å². The maximum Gasteiger partial charge on any atom is 0.343 e. The van der Waals surface area contributed by atoms with Crippen LogP contribution in [0.4, 0.5) is 5.69 Å². The molecule has 2 N–H and O–H groups in total. The smallest absolute Gasteiger partial charge is 0.343 e. The molecule has 3 rings (SSSR count). The Bertz CT molecular complexity index is 1110. The highest BCUT2D eigenvalue weighted by molar-refractivity contribution is 6.39. The van der Waals surface area contributed by atoms with E-state index >= 15 is 0 Å². The molecule has 0 saturated carbocycles. The summed E-state index contributed by atoms with van der Waals surface area (Å²) in [5.41, 5.74) is 3.64. The van der Waals surface area contributed by atoms with E-state index in [1.165, 1.54) is 6.21 Å². The summed E-state index contributed by atoms with van der Waals surface area (Å²) in [6, 6.07) is 22.0. The summed E-state index contributed by atoms with van der Waals surface area (Å²) in [6.45, 7) is 2.15. The molecule has 0 aliphatic heterocycles. The molecular formula is C24H21N3O5. The highest BCUT2D eigenvalue weighted by Crippen LogP contribution is 2.29. The van der Waals surface area contributed by atoms with Crippen LogP contribution in [0, 0.1) is 0 Å². The molecule has 3 aromatic rings. The van der Waals surface area contributed by atoms with Gasteiger partial charge >= 0.3 is 17.8 Å². The Balaban J connectivity index is 1.63.